The van der Waals surface area contributed by atoms with Crippen LogP contribution in [0.1, 0.15) is 54.4 Å². The molecule has 1 rings (SSSR count). The van der Waals surface area contributed by atoms with Crippen molar-refractivity contribution < 1.29 is 60.3 Å². The largest absolute Gasteiger partial charge is 0.491 e. The van der Waals surface area contributed by atoms with Crippen LogP contribution in [-0.2, 0) is 24.0 Å². The standard InChI is InChI=1S/C4F6O3.C4H11N.C4H10O2.C4H8O.FH/c5-3(6,7)1(11)13-2(12)4(8,9)10;1-4(2,3)5;1-4(2,3)6-5;1-2-4-5-3-1;/h;5H2,1-3H3;5H,1-3H3;1-4H2;1H. The first kappa shape index (κ1) is 35.9. The number of nitrogens with two attached hydrogens (primary N) is 1. The highest BCUT2D eigenvalue weighted by atomic mass is 19.4. The lowest BCUT2D eigenvalue weighted by atomic mass is 10.1. The Bertz CT molecular complexity index is 427. The predicted molar refractivity (Wildman–Crippen MR) is 93.2 cm³/mol. The fourth-order valence-corrected chi connectivity index (χ4v) is 0.710. The van der Waals surface area contributed by atoms with Gasteiger partial charge in [-0.2, -0.15) is 26.3 Å². The van der Waals surface area contributed by atoms with E-state index in [1.165, 1.54) is 12.8 Å². The highest BCUT2D eigenvalue weighted by Gasteiger charge is 2.49. The fraction of sp³-hybridized carbons (Fsp3) is 0.875. The Morgan fingerprint density at radius 1 is 0.833 bits per heavy atom. The minimum atomic E-state index is -5.62. The number of ether oxygens (including phenoxy) is 2. The molecule has 0 bridgehead atoms. The van der Waals surface area contributed by atoms with Gasteiger partial charge >= 0.3 is 24.3 Å². The van der Waals surface area contributed by atoms with Crippen molar-refractivity contribution in [2.24, 2.45) is 5.73 Å². The van der Waals surface area contributed by atoms with E-state index in [0.29, 0.717) is 0 Å². The Hall–Kier alpha value is -1.51. The van der Waals surface area contributed by atoms with E-state index in [1.54, 1.807) is 20.8 Å². The molecule has 0 radical (unpaired) electrons. The molecular formula is C16H30F7NO6. The van der Waals surface area contributed by atoms with Gasteiger partial charge in [-0.1, -0.05) is 0 Å². The predicted octanol–water partition coefficient (Wildman–Crippen LogP) is 4.15. The first-order valence-corrected chi connectivity index (χ1v) is 8.20. The zero-order chi connectivity index (χ0) is 24.1. The normalized spacial score (nSPS) is 13.8. The van der Waals surface area contributed by atoms with Crippen molar-refractivity contribution in [3.05, 3.63) is 0 Å². The summed E-state index contributed by atoms with van der Waals surface area (Å²) in [5.74, 6) is -6.40. The second-order valence-electron chi connectivity index (χ2n) is 7.56. The van der Waals surface area contributed by atoms with E-state index in [2.05, 4.69) is 9.62 Å². The summed E-state index contributed by atoms with van der Waals surface area (Å²) in [5.41, 5.74) is 4.95. The lowest BCUT2D eigenvalue weighted by Crippen LogP contribution is -2.34. The van der Waals surface area contributed by atoms with E-state index < -0.39 is 29.9 Å². The van der Waals surface area contributed by atoms with Crippen molar-refractivity contribution in [2.45, 2.75) is 77.9 Å². The summed E-state index contributed by atoms with van der Waals surface area (Å²) < 4.78 is 74.6. The van der Waals surface area contributed by atoms with Gasteiger partial charge in [-0.25, -0.2) is 14.5 Å². The van der Waals surface area contributed by atoms with Crippen LogP contribution in [0.25, 0.3) is 0 Å². The smallest absolute Gasteiger partial charge is 0.381 e. The maximum atomic E-state index is 11.2. The Kier molecular flexibility index (Phi) is 18.3. The van der Waals surface area contributed by atoms with Crippen LogP contribution in [-0.4, -0.2) is 53.9 Å². The minimum absolute atomic E-state index is 0. The van der Waals surface area contributed by atoms with E-state index >= 15 is 0 Å². The molecule has 184 valence electrons. The Balaban J connectivity index is -0.000000166. The van der Waals surface area contributed by atoms with Gasteiger partial charge in [-0.05, 0) is 54.4 Å². The van der Waals surface area contributed by atoms with Gasteiger partial charge in [0.25, 0.3) is 0 Å². The van der Waals surface area contributed by atoms with Gasteiger partial charge in [0.05, 0.1) is 5.60 Å². The van der Waals surface area contributed by atoms with Crippen LogP contribution >= 0.6 is 0 Å². The molecule has 1 aliphatic heterocycles. The second-order valence-corrected chi connectivity index (χ2v) is 7.56. The number of hydrogen-bond donors (Lipinski definition) is 2. The zero-order valence-corrected chi connectivity index (χ0v) is 17.6. The number of carbonyl (C=O) groups is 2. The van der Waals surface area contributed by atoms with Crippen molar-refractivity contribution >= 4 is 11.9 Å². The molecule has 0 atom stereocenters. The molecule has 0 aliphatic carbocycles. The summed E-state index contributed by atoms with van der Waals surface area (Å²) in [6.07, 6.45) is -8.69. The summed E-state index contributed by atoms with van der Waals surface area (Å²) in [7, 11) is 0. The molecule has 1 heterocycles. The van der Waals surface area contributed by atoms with Crippen molar-refractivity contribution in [3.63, 3.8) is 0 Å². The Morgan fingerprint density at radius 3 is 1.17 bits per heavy atom. The molecule has 0 amide bonds. The molecule has 0 unspecified atom stereocenters. The quantitative estimate of drug-likeness (QED) is 0.182. The van der Waals surface area contributed by atoms with Gasteiger partial charge in [-0.15, -0.1) is 0 Å². The first-order valence-electron chi connectivity index (χ1n) is 8.20. The van der Waals surface area contributed by atoms with Crippen LogP contribution in [0.4, 0.5) is 31.0 Å². The van der Waals surface area contributed by atoms with Gasteiger partial charge in [0.2, 0.25) is 0 Å². The lowest BCUT2D eigenvalue weighted by molar-refractivity contribution is -0.306. The number of esters is 2. The monoisotopic (exact) mass is 465 g/mol. The Labute approximate surface area is 170 Å². The molecule has 30 heavy (non-hydrogen) atoms. The molecule has 0 aromatic heterocycles. The third-order valence-electron chi connectivity index (χ3n) is 1.75. The van der Waals surface area contributed by atoms with Crippen molar-refractivity contribution in [3.8, 4) is 0 Å². The molecule has 0 spiro atoms. The SMILES string of the molecule is C1CCOC1.CC(C)(C)N.CC(C)(C)OO.F.O=C(OC(=O)C(F)(F)F)C(F)(F)F. The van der Waals surface area contributed by atoms with Crippen molar-refractivity contribution in [1.82, 2.24) is 0 Å². The molecule has 3 N–H and O–H groups in total. The van der Waals surface area contributed by atoms with Gasteiger partial charge in [0, 0.05) is 18.8 Å². The van der Waals surface area contributed by atoms with Crippen LogP contribution in [0.15, 0.2) is 0 Å². The maximum absolute atomic E-state index is 11.2. The molecule has 14 heteroatoms. The second kappa shape index (κ2) is 15.3. The summed E-state index contributed by atoms with van der Waals surface area (Å²) >= 11 is 0. The Morgan fingerprint density at radius 2 is 1.07 bits per heavy atom. The summed E-state index contributed by atoms with van der Waals surface area (Å²) in [5, 5.41) is 7.90. The number of carbonyl (C=O) groups excluding carboxylic acids is 2. The highest BCUT2D eigenvalue weighted by Crippen LogP contribution is 2.21. The van der Waals surface area contributed by atoms with Gasteiger partial charge < -0.3 is 15.2 Å². The maximum Gasteiger partial charge on any atom is 0.491 e. The van der Waals surface area contributed by atoms with E-state index in [-0.39, 0.29) is 10.2 Å². The number of halogens is 7. The minimum Gasteiger partial charge on any atom is -0.381 e. The summed E-state index contributed by atoms with van der Waals surface area (Å²) in [4.78, 5) is 23.2. The number of hydrogen-bond acceptors (Lipinski definition) is 7. The highest BCUT2D eigenvalue weighted by molar-refractivity contribution is 5.90. The van der Waals surface area contributed by atoms with Crippen molar-refractivity contribution in [1.29, 1.82) is 0 Å². The molecule has 1 aliphatic rings. The zero-order valence-electron chi connectivity index (χ0n) is 17.6. The van der Waals surface area contributed by atoms with E-state index in [4.69, 9.17) is 15.7 Å². The van der Waals surface area contributed by atoms with Gasteiger partial charge in [0.1, 0.15) is 0 Å². The molecule has 0 aromatic rings. The fourth-order valence-electron chi connectivity index (χ4n) is 0.710. The van der Waals surface area contributed by atoms with E-state index in [0.717, 1.165) is 13.2 Å². The lowest BCUT2D eigenvalue weighted by Gasteiger charge is -2.10. The number of rotatable bonds is 0. The summed E-state index contributed by atoms with van der Waals surface area (Å²) in [6.45, 7) is 13.2. The third-order valence-corrected chi connectivity index (χ3v) is 1.75. The molecule has 1 fully saturated rings. The molecular weight excluding hydrogens is 435 g/mol. The molecule has 1 saturated heterocycles. The van der Waals surface area contributed by atoms with Gasteiger partial charge in [-0.3, -0.25) is 9.96 Å². The molecule has 0 aromatic carbocycles. The average molecular weight is 465 g/mol. The average Bonchev–Trinajstić information content (AvgIpc) is 3.02. The van der Waals surface area contributed by atoms with Crippen LogP contribution in [0.3, 0.4) is 0 Å². The third kappa shape index (κ3) is 34.0. The van der Waals surface area contributed by atoms with Crippen LogP contribution in [0.2, 0.25) is 0 Å². The first-order chi connectivity index (χ1) is 12.6. The van der Waals surface area contributed by atoms with Crippen LogP contribution < -0.4 is 5.73 Å². The molecule has 0 saturated carbocycles. The van der Waals surface area contributed by atoms with Crippen molar-refractivity contribution in [2.75, 3.05) is 13.2 Å². The van der Waals surface area contributed by atoms with Crippen LogP contribution in [0, 0.1) is 0 Å². The van der Waals surface area contributed by atoms with Crippen LogP contribution in [0.5, 0.6) is 0 Å². The van der Waals surface area contributed by atoms with E-state index in [1.807, 2.05) is 20.8 Å². The van der Waals surface area contributed by atoms with E-state index in [9.17, 15) is 35.9 Å². The number of alkyl halides is 6. The topological polar surface area (TPSA) is 108 Å². The molecule has 7 nitrogen and oxygen atoms in total. The summed E-state index contributed by atoms with van der Waals surface area (Å²) in [6, 6.07) is 0. The van der Waals surface area contributed by atoms with Gasteiger partial charge in [0.15, 0.2) is 0 Å².